The number of hydrogen-bond acceptors (Lipinski definition) is 6. The van der Waals surface area contributed by atoms with Crippen LogP contribution in [-0.2, 0) is 16.1 Å². The van der Waals surface area contributed by atoms with Crippen molar-refractivity contribution in [2.24, 2.45) is 0 Å². The number of rotatable bonds is 5. The highest BCUT2D eigenvalue weighted by atomic mass is 16.5. The Morgan fingerprint density at radius 1 is 1.18 bits per heavy atom. The molecular formula is C22H17NO5. The predicted octanol–water partition coefficient (Wildman–Crippen LogP) is 3.76. The number of ether oxygens (including phenoxy) is 2. The van der Waals surface area contributed by atoms with Gasteiger partial charge in [0.15, 0.2) is 0 Å². The summed E-state index contributed by atoms with van der Waals surface area (Å²) in [6.07, 6.45) is 1.43. The third kappa shape index (κ3) is 4.27. The molecule has 0 radical (unpaired) electrons. The molecular weight excluding hydrogens is 358 g/mol. The van der Waals surface area contributed by atoms with Crippen molar-refractivity contribution in [1.82, 2.24) is 0 Å². The molecule has 0 saturated heterocycles. The minimum atomic E-state index is -0.771. The van der Waals surface area contributed by atoms with Crippen LogP contribution in [0.3, 0.4) is 0 Å². The lowest BCUT2D eigenvalue weighted by Gasteiger charge is -2.07. The number of hydrogen-bond donors (Lipinski definition) is 0. The molecule has 6 nitrogen and oxygen atoms in total. The Kier molecular flexibility index (Phi) is 5.56. The van der Waals surface area contributed by atoms with E-state index in [1.54, 1.807) is 43.5 Å². The topological polar surface area (TPSA) is 89.5 Å². The summed E-state index contributed by atoms with van der Waals surface area (Å²) in [6, 6.07) is 15.4. The van der Waals surface area contributed by atoms with E-state index in [1.807, 2.05) is 19.1 Å². The van der Waals surface area contributed by atoms with Crippen molar-refractivity contribution >= 4 is 23.0 Å². The molecule has 1 aromatic heterocycles. The van der Waals surface area contributed by atoms with Gasteiger partial charge in [0.05, 0.1) is 7.11 Å². The number of esters is 1. The van der Waals surface area contributed by atoms with E-state index in [9.17, 15) is 14.9 Å². The van der Waals surface area contributed by atoms with Gasteiger partial charge in [0.2, 0.25) is 0 Å². The average molecular weight is 375 g/mol. The lowest BCUT2D eigenvalue weighted by Crippen LogP contribution is -2.09. The zero-order valence-corrected chi connectivity index (χ0v) is 15.4. The summed E-state index contributed by atoms with van der Waals surface area (Å²) in [5.41, 5.74) is 1.87. The minimum absolute atomic E-state index is 0.145. The Balaban J connectivity index is 1.80. The van der Waals surface area contributed by atoms with Gasteiger partial charge in [-0.25, -0.2) is 9.59 Å². The van der Waals surface area contributed by atoms with Gasteiger partial charge in [0, 0.05) is 17.0 Å². The molecule has 3 rings (SSSR count). The summed E-state index contributed by atoms with van der Waals surface area (Å²) >= 11 is 0. The number of benzene rings is 2. The molecule has 0 saturated carbocycles. The smallest absolute Gasteiger partial charge is 0.349 e. The monoisotopic (exact) mass is 375 g/mol. The van der Waals surface area contributed by atoms with E-state index in [0.717, 1.165) is 5.56 Å². The first kappa shape index (κ1) is 18.9. The fraction of sp³-hybridized carbons (Fsp3) is 0.136. The van der Waals surface area contributed by atoms with Gasteiger partial charge >= 0.3 is 11.6 Å². The Hall–Kier alpha value is -3.85. The Labute approximate surface area is 161 Å². The first-order chi connectivity index (χ1) is 13.5. The van der Waals surface area contributed by atoms with E-state index in [2.05, 4.69) is 0 Å². The summed E-state index contributed by atoms with van der Waals surface area (Å²) < 4.78 is 15.5. The van der Waals surface area contributed by atoms with Gasteiger partial charge in [0.25, 0.3) is 0 Å². The fourth-order valence-electron chi connectivity index (χ4n) is 2.68. The lowest BCUT2D eigenvalue weighted by molar-refractivity contribution is -0.139. The van der Waals surface area contributed by atoms with Crippen molar-refractivity contribution in [1.29, 1.82) is 5.26 Å². The van der Waals surface area contributed by atoms with Crippen molar-refractivity contribution in [3.63, 3.8) is 0 Å². The summed E-state index contributed by atoms with van der Waals surface area (Å²) in [4.78, 5) is 24.1. The van der Waals surface area contributed by atoms with Crippen LogP contribution in [0.1, 0.15) is 16.7 Å². The quantitative estimate of drug-likeness (QED) is 0.292. The van der Waals surface area contributed by atoms with Gasteiger partial charge < -0.3 is 13.9 Å². The first-order valence-electron chi connectivity index (χ1n) is 8.46. The third-order valence-electron chi connectivity index (χ3n) is 4.11. The van der Waals surface area contributed by atoms with E-state index >= 15 is 0 Å². The van der Waals surface area contributed by atoms with Crippen molar-refractivity contribution in [2.75, 3.05) is 7.11 Å². The van der Waals surface area contributed by atoms with Gasteiger partial charge in [-0.1, -0.05) is 24.3 Å². The van der Waals surface area contributed by atoms with Crippen LogP contribution in [-0.4, -0.2) is 13.1 Å². The molecule has 0 unspecified atom stereocenters. The molecule has 0 aliphatic rings. The van der Waals surface area contributed by atoms with Gasteiger partial charge in [-0.3, -0.25) is 0 Å². The van der Waals surface area contributed by atoms with Gasteiger partial charge in [0.1, 0.15) is 29.6 Å². The first-order valence-corrected chi connectivity index (χ1v) is 8.46. The minimum Gasteiger partial charge on any atom is -0.497 e. The zero-order chi connectivity index (χ0) is 20.1. The van der Waals surface area contributed by atoms with Crippen LogP contribution >= 0.6 is 0 Å². The highest BCUT2D eigenvalue weighted by Gasteiger charge is 2.13. The molecule has 6 heteroatoms. The second-order valence-electron chi connectivity index (χ2n) is 6.11. The van der Waals surface area contributed by atoms with Crippen LogP contribution in [0.4, 0.5) is 0 Å². The van der Waals surface area contributed by atoms with E-state index in [4.69, 9.17) is 13.9 Å². The number of carbonyl (C=O) groups is 1. The summed E-state index contributed by atoms with van der Waals surface area (Å²) in [5, 5.41) is 9.97. The van der Waals surface area contributed by atoms with E-state index in [0.29, 0.717) is 27.8 Å². The van der Waals surface area contributed by atoms with Crippen LogP contribution in [0.15, 0.2) is 63.3 Å². The molecule has 0 spiro atoms. The lowest BCUT2D eigenvalue weighted by atomic mass is 10.1. The van der Waals surface area contributed by atoms with Crippen LogP contribution in [0.25, 0.3) is 17.0 Å². The predicted molar refractivity (Wildman–Crippen MR) is 104 cm³/mol. The number of carbonyl (C=O) groups excluding carboxylic acids is 1. The summed E-state index contributed by atoms with van der Waals surface area (Å²) in [6.45, 7) is 1.74. The van der Waals surface area contributed by atoms with E-state index < -0.39 is 11.6 Å². The molecule has 0 fully saturated rings. The molecule has 0 atom stereocenters. The Morgan fingerprint density at radius 2 is 1.93 bits per heavy atom. The maximum Gasteiger partial charge on any atom is 0.349 e. The normalized spacial score (nSPS) is 11.1. The van der Waals surface area contributed by atoms with E-state index in [-0.39, 0.29) is 12.2 Å². The molecule has 0 amide bonds. The number of fused-ring (bicyclic) bond motifs is 1. The third-order valence-corrected chi connectivity index (χ3v) is 4.11. The maximum absolute atomic E-state index is 12.3. The molecule has 1 heterocycles. The van der Waals surface area contributed by atoms with Gasteiger partial charge in [-0.05, 0) is 42.3 Å². The molecule has 28 heavy (non-hydrogen) atoms. The highest BCUT2D eigenvalue weighted by molar-refractivity contribution is 5.98. The van der Waals surface area contributed by atoms with E-state index in [1.165, 1.54) is 12.1 Å². The highest BCUT2D eigenvalue weighted by Crippen LogP contribution is 2.20. The van der Waals surface area contributed by atoms with Crippen molar-refractivity contribution in [3.8, 4) is 11.8 Å². The molecule has 3 aromatic rings. The fourth-order valence-corrected chi connectivity index (χ4v) is 2.68. The van der Waals surface area contributed by atoms with Crippen LogP contribution in [0.5, 0.6) is 5.75 Å². The summed E-state index contributed by atoms with van der Waals surface area (Å²) in [5.74, 6) is -0.102. The number of methoxy groups -OCH3 is 1. The van der Waals surface area contributed by atoms with Crippen molar-refractivity contribution < 1.29 is 18.7 Å². The molecule has 2 aromatic carbocycles. The Bertz CT molecular complexity index is 1150. The van der Waals surface area contributed by atoms with Crippen LogP contribution in [0.2, 0.25) is 0 Å². The zero-order valence-electron chi connectivity index (χ0n) is 15.4. The number of nitrogens with zero attached hydrogens (tertiary/aromatic N) is 1. The molecule has 0 aliphatic heterocycles. The second-order valence-corrected chi connectivity index (χ2v) is 6.11. The standard InChI is InChI=1S/C22H17NO5/c1-14-3-8-19-17(11-21(24)28-20(19)9-14)13-27-22(25)16(12-23)10-15-4-6-18(26-2)7-5-15/h3-11H,13H2,1-2H3/b16-10+. The second kappa shape index (κ2) is 8.23. The van der Waals surface area contributed by atoms with Crippen molar-refractivity contribution in [3.05, 3.63) is 81.2 Å². The average Bonchev–Trinajstić information content (AvgIpc) is 2.69. The van der Waals surface area contributed by atoms with Gasteiger partial charge in [-0.2, -0.15) is 5.26 Å². The SMILES string of the molecule is COc1ccc(/C=C(\C#N)C(=O)OCc2cc(=O)oc3cc(C)ccc23)cc1. The molecule has 0 aliphatic carbocycles. The summed E-state index contributed by atoms with van der Waals surface area (Å²) in [7, 11) is 1.55. The molecule has 0 N–H and O–H groups in total. The largest absolute Gasteiger partial charge is 0.497 e. The van der Waals surface area contributed by atoms with Crippen LogP contribution < -0.4 is 10.4 Å². The van der Waals surface area contributed by atoms with Gasteiger partial charge in [-0.15, -0.1) is 0 Å². The number of nitriles is 1. The van der Waals surface area contributed by atoms with Crippen LogP contribution in [0, 0.1) is 18.3 Å². The van der Waals surface area contributed by atoms with Crippen molar-refractivity contribution in [2.45, 2.75) is 13.5 Å². The maximum atomic E-state index is 12.3. The molecule has 0 bridgehead atoms. The number of aryl methyl sites for hydroxylation is 1. The Morgan fingerprint density at radius 3 is 2.61 bits per heavy atom. The molecule has 140 valence electrons.